The molecule has 5 heteroatoms. The molecule has 1 aromatic heterocycles. The Balaban J connectivity index is 1.55. The van der Waals surface area contributed by atoms with Crippen LogP contribution in [0.4, 0.5) is 5.13 Å². The van der Waals surface area contributed by atoms with Gasteiger partial charge in [0.25, 0.3) is 5.91 Å². The monoisotopic (exact) mass is 452 g/mol. The molecule has 1 heterocycles. The Morgan fingerprint density at radius 1 is 1.06 bits per heavy atom. The van der Waals surface area contributed by atoms with E-state index in [4.69, 9.17) is 4.74 Å². The second-order valence-electron chi connectivity index (χ2n) is 10.4. The lowest BCUT2D eigenvalue weighted by Crippen LogP contribution is -2.24. The summed E-state index contributed by atoms with van der Waals surface area (Å²) >= 11 is 1.51. The number of rotatable bonds is 9. The first-order valence-corrected chi connectivity index (χ1v) is 12.3. The van der Waals surface area contributed by atoms with Crippen molar-refractivity contribution in [2.45, 2.75) is 72.6 Å². The summed E-state index contributed by atoms with van der Waals surface area (Å²) in [7, 11) is 0. The molecule has 4 nitrogen and oxygen atoms in total. The molecular formula is C27H36N2O2S. The van der Waals surface area contributed by atoms with Crippen molar-refractivity contribution in [2.24, 2.45) is 5.41 Å². The van der Waals surface area contributed by atoms with Crippen molar-refractivity contribution in [2.75, 3.05) is 11.9 Å². The number of amides is 1. The first kappa shape index (κ1) is 24.2. The number of hydrogen-bond donors (Lipinski definition) is 1. The second-order valence-corrected chi connectivity index (χ2v) is 11.4. The summed E-state index contributed by atoms with van der Waals surface area (Å²) < 4.78 is 6.81. The van der Waals surface area contributed by atoms with Gasteiger partial charge in [-0.1, -0.05) is 77.5 Å². The van der Waals surface area contributed by atoms with E-state index >= 15 is 0 Å². The fraction of sp³-hybridized carbons (Fsp3) is 0.481. The lowest BCUT2D eigenvalue weighted by atomic mass is 9.72. The van der Waals surface area contributed by atoms with Gasteiger partial charge in [0.05, 0.1) is 10.2 Å². The number of benzene rings is 2. The van der Waals surface area contributed by atoms with Gasteiger partial charge in [-0.3, -0.25) is 10.1 Å². The van der Waals surface area contributed by atoms with Crippen molar-refractivity contribution in [1.82, 2.24) is 4.98 Å². The van der Waals surface area contributed by atoms with E-state index in [0.717, 1.165) is 23.1 Å². The Morgan fingerprint density at radius 2 is 1.78 bits per heavy atom. The molecule has 0 unspecified atom stereocenters. The zero-order valence-electron chi connectivity index (χ0n) is 20.2. The molecule has 0 spiro atoms. The van der Waals surface area contributed by atoms with Crippen molar-refractivity contribution in [3.63, 3.8) is 0 Å². The highest BCUT2D eigenvalue weighted by Gasteiger charge is 2.27. The van der Waals surface area contributed by atoms with E-state index in [1.54, 1.807) is 0 Å². The van der Waals surface area contributed by atoms with Crippen molar-refractivity contribution >= 4 is 32.6 Å². The average molecular weight is 453 g/mol. The number of carbonyl (C=O) groups excluding carboxylic acids is 1. The van der Waals surface area contributed by atoms with Gasteiger partial charge in [0, 0.05) is 0 Å². The molecule has 0 saturated carbocycles. The number of anilines is 1. The van der Waals surface area contributed by atoms with Gasteiger partial charge in [-0.05, 0) is 65.5 Å². The van der Waals surface area contributed by atoms with Gasteiger partial charge in [-0.15, -0.1) is 0 Å². The molecule has 3 rings (SSSR count). The van der Waals surface area contributed by atoms with E-state index < -0.39 is 0 Å². The molecule has 1 N–H and O–H groups in total. The van der Waals surface area contributed by atoms with Gasteiger partial charge in [0.15, 0.2) is 11.7 Å². The van der Waals surface area contributed by atoms with E-state index in [0.29, 0.717) is 10.9 Å². The molecule has 32 heavy (non-hydrogen) atoms. The standard InChI is InChI=1S/C27H36N2O2S/c1-7-8-9-19-10-15-22-23(16-19)32-25(28-22)29-24(30)17-31-21-13-11-20(12-14-21)27(5,6)18-26(2,3)4/h10-16H,7-9,17-18H2,1-6H3,(H,28,29,30). The smallest absolute Gasteiger partial charge is 0.264 e. The molecular weight excluding hydrogens is 416 g/mol. The van der Waals surface area contributed by atoms with Gasteiger partial charge < -0.3 is 4.74 Å². The first-order chi connectivity index (χ1) is 15.1. The number of fused-ring (bicyclic) bond motifs is 1. The number of carbonyl (C=O) groups is 1. The lowest BCUT2D eigenvalue weighted by molar-refractivity contribution is -0.118. The average Bonchev–Trinajstić information content (AvgIpc) is 3.10. The predicted molar refractivity (Wildman–Crippen MR) is 136 cm³/mol. The summed E-state index contributed by atoms with van der Waals surface area (Å²) in [5.74, 6) is 0.493. The molecule has 3 aromatic rings. The number of aromatic nitrogens is 1. The van der Waals surface area contributed by atoms with Crippen molar-refractivity contribution < 1.29 is 9.53 Å². The quantitative estimate of drug-likeness (QED) is 0.369. The molecule has 1 amide bonds. The summed E-state index contributed by atoms with van der Waals surface area (Å²) in [5.41, 5.74) is 3.85. The second kappa shape index (κ2) is 10.0. The minimum absolute atomic E-state index is 0.0393. The molecule has 0 radical (unpaired) electrons. The molecule has 0 atom stereocenters. The predicted octanol–water partition coefficient (Wildman–Crippen LogP) is 7.37. The third-order valence-electron chi connectivity index (χ3n) is 5.50. The zero-order valence-corrected chi connectivity index (χ0v) is 21.1. The SMILES string of the molecule is CCCCc1ccc2nc(NC(=O)COc3ccc(C(C)(C)CC(C)(C)C)cc3)sc2c1. The van der Waals surface area contributed by atoms with E-state index in [1.807, 2.05) is 18.2 Å². The highest BCUT2D eigenvalue weighted by molar-refractivity contribution is 7.22. The van der Waals surface area contributed by atoms with Gasteiger partial charge in [-0.2, -0.15) is 0 Å². The molecule has 0 aliphatic rings. The van der Waals surface area contributed by atoms with E-state index in [-0.39, 0.29) is 23.3 Å². The van der Waals surface area contributed by atoms with Gasteiger partial charge in [0.2, 0.25) is 0 Å². The Kier molecular flexibility index (Phi) is 7.60. The van der Waals surface area contributed by atoms with Gasteiger partial charge >= 0.3 is 0 Å². The summed E-state index contributed by atoms with van der Waals surface area (Å²) in [6, 6.07) is 14.4. The molecule has 172 valence electrons. The van der Waals surface area contributed by atoms with Crippen LogP contribution in [0.3, 0.4) is 0 Å². The molecule has 2 aromatic carbocycles. The van der Waals surface area contributed by atoms with Crippen molar-refractivity contribution in [3.8, 4) is 5.75 Å². The number of nitrogens with zero attached hydrogens (tertiary/aromatic N) is 1. The Labute approximate surface area is 196 Å². The molecule has 0 saturated heterocycles. The third-order valence-corrected chi connectivity index (χ3v) is 6.43. The number of ether oxygens (including phenoxy) is 1. The zero-order chi connectivity index (χ0) is 23.4. The lowest BCUT2D eigenvalue weighted by Gasteiger charge is -2.33. The fourth-order valence-corrected chi connectivity index (χ4v) is 5.24. The van der Waals surface area contributed by atoms with Crippen LogP contribution in [0.1, 0.15) is 71.9 Å². The van der Waals surface area contributed by atoms with Crippen molar-refractivity contribution in [3.05, 3.63) is 53.6 Å². The Hall–Kier alpha value is -2.40. The van der Waals surface area contributed by atoms with Crippen LogP contribution in [0.25, 0.3) is 10.2 Å². The normalized spacial score (nSPS) is 12.2. The largest absolute Gasteiger partial charge is 0.484 e. The molecule has 0 aliphatic carbocycles. The minimum atomic E-state index is -0.201. The van der Waals surface area contributed by atoms with E-state index in [9.17, 15) is 4.79 Å². The Bertz CT molecular complexity index is 1050. The number of hydrogen-bond acceptors (Lipinski definition) is 4. The number of aryl methyl sites for hydroxylation is 1. The number of thiazole rings is 1. The van der Waals surface area contributed by atoms with E-state index in [1.165, 1.54) is 35.3 Å². The van der Waals surface area contributed by atoms with Crippen LogP contribution in [0.2, 0.25) is 0 Å². The van der Waals surface area contributed by atoms with E-state index in [2.05, 4.69) is 76.1 Å². The topological polar surface area (TPSA) is 51.2 Å². The number of nitrogens with one attached hydrogen (secondary N) is 1. The fourth-order valence-electron chi connectivity index (χ4n) is 4.29. The Morgan fingerprint density at radius 3 is 2.44 bits per heavy atom. The maximum absolute atomic E-state index is 12.4. The van der Waals surface area contributed by atoms with Gasteiger partial charge in [0.1, 0.15) is 5.75 Å². The summed E-state index contributed by atoms with van der Waals surface area (Å²) in [5, 5.41) is 3.48. The van der Waals surface area contributed by atoms with Crippen LogP contribution < -0.4 is 10.1 Å². The summed E-state index contributed by atoms with van der Waals surface area (Å²) in [4.78, 5) is 16.9. The maximum Gasteiger partial charge on any atom is 0.264 e. The third kappa shape index (κ3) is 6.80. The van der Waals surface area contributed by atoms with Crippen LogP contribution in [0.15, 0.2) is 42.5 Å². The first-order valence-electron chi connectivity index (χ1n) is 11.5. The highest BCUT2D eigenvalue weighted by Crippen LogP contribution is 2.36. The summed E-state index contributed by atoms with van der Waals surface area (Å²) in [6.45, 7) is 13.5. The molecule has 0 fully saturated rings. The van der Waals surface area contributed by atoms with Crippen LogP contribution in [0, 0.1) is 5.41 Å². The van der Waals surface area contributed by atoms with Crippen LogP contribution in [0.5, 0.6) is 5.75 Å². The van der Waals surface area contributed by atoms with Crippen LogP contribution in [-0.4, -0.2) is 17.5 Å². The maximum atomic E-state index is 12.4. The highest BCUT2D eigenvalue weighted by atomic mass is 32.1. The van der Waals surface area contributed by atoms with Crippen LogP contribution in [-0.2, 0) is 16.6 Å². The van der Waals surface area contributed by atoms with Gasteiger partial charge in [-0.25, -0.2) is 4.98 Å². The summed E-state index contributed by atoms with van der Waals surface area (Å²) in [6.07, 6.45) is 4.52. The molecule has 0 bridgehead atoms. The van der Waals surface area contributed by atoms with Crippen LogP contribution >= 0.6 is 11.3 Å². The number of unbranched alkanes of at least 4 members (excludes halogenated alkanes) is 1. The molecule has 0 aliphatic heterocycles. The van der Waals surface area contributed by atoms with Crippen molar-refractivity contribution in [1.29, 1.82) is 0 Å². The minimum Gasteiger partial charge on any atom is -0.484 e.